The topological polar surface area (TPSA) is 248 Å². The van der Waals surface area contributed by atoms with Crippen molar-refractivity contribution in [3.05, 3.63) is 0 Å². The second-order valence-corrected chi connectivity index (χ2v) is 7.13. The van der Waals surface area contributed by atoms with Gasteiger partial charge in [0.15, 0.2) is 0 Å². The van der Waals surface area contributed by atoms with Crippen LogP contribution in [0.1, 0.15) is 12.8 Å². The van der Waals surface area contributed by atoms with Gasteiger partial charge in [-0.1, -0.05) is 0 Å². The maximum absolute atomic E-state index is 10.4. The summed E-state index contributed by atoms with van der Waals surface area (Å²) in [6.07, 6.45) is -5.94. The fourth-order valence-corrected chi connectivity index (χ4v) is 1.99. The van der Waals surface area contributed by atoms with E-state index in [4.69, 9.17) is 44.1 Å². The molecule has 0 aromatic carbocycles. The number of aliphatic hydroxyl groups excluding tert-OH is 8. The molecule has 0 saturated carbocycles. The molecule has 0 radical (unpaired) electrons. The second kappa shape index (κ2) is 17.8. The molecule has 0 aliphatic carbocycles. The summed E-state index contributed by atoms with van der Waals surface area (Å²) >= 11 is 0. The predicted molar refractivity (Wildman–Crippen MR) is 106 cm³/mol. The number of hydrogen-bond donors (Lipinski definition) is 10. The van der Waals surface area contributed by atoms with Crippen molar-refractivity contribution in [2.24, 2.45) is 0 Å². The van der Waals surface area contributed by atoms with Crippen molar-refractivity contribution in [2.45, 2.75) is 49.2 Å². The van der Waals surface area contributed by atoms with Crippen molar-refractivity contribution in [2.75, 3.05) is 66.1 Å². The van der Waals surface area contributed by atoms with Gasteiger partial charge in [-0.05, 0) is 0 Å². The van der Waals surface area contributed by atoms with E-state index in [9.17, 15) is 30.6 Å². The van der Waals surface area contributed by atoms with Gasteiger partial charge in [-0.2, -0.15) is 0 Å². The minimum atomic E-state index is -2.34. The van der Waals surface area contributed by atoms with Gasteiger partial charge >= 0.3 is 0 Å². The molecule has 0 spiro atoms. The van der Waals surface area contributed by atoms with Gasteiger partial charge in [0.2, 0.25) is 0 Å². The molecule has 0 aliphatic heterocycles. The van der Waals surface area contributed by atoms with Gasteiger partial charge in [-0.15, -0.1) is 0 Å². The van der Waals surface area contributed by atoms with Crippen molar-refractivity contribution < 1.29 is 74.7 Å². The Labute approximate surface area is 190 Å². The maximum Gasteiger partial charge on any atom is 0.282 e. The van der Waals surface area contributed by atoms with Gasteiger partial charge in [-0.25, -0.2) is 0 Å². The molecule has 15 nitrogen and oxygen atoms in total. The number of aliphatic hydroxyl groups is 10. The summed E-state index contributed by atoms with van der Waals surface area (Å²) in [5.41, 5.74) is 0. The van der Waals surface area contributed by atoms with E-state index < -0.39 is 89.2 Å². The predicted octanol–water partition coefficient (Wildman–Crippen LogP) is -5.45. The Bertz CT molecular complexity index is 400. The molecule has 0 saturated heterocycles. The van der Waals surface area contributed by atoms with Crippen LogP contribution in [0.25, 0.3) is 0 Å². The minimum absolute atomic E-state index is 0.241. The van der Waals surface area contributed by atoms with Gasteiger partial charge in [0.25, 0.3) is 11.9 Å². The van der Waals surface area contributed by atoms with E-state index in [0.717, 1.165) is 0 Å². The lowest BCUT2D eigenvalue weighted by Crippen LogP contribution is -2.43. The Morgan fingerprint density at radius 3 is 0.939 bits per heavy atom. The summed E-state index contributed by atoms with van der Waals surface area (Å²) in [6.45, 7) is -5.07. The van der Waals surface area contributed by atoms with E-state index >= 15 is 0 Å². The van der Waals surface area contributed by atoms with Crippen LogP contribution in [0.3, 0.4) is 0 Å². The van der Waals surface area contributed by atoms with Crippen LogP contribution >= 0.6 is 0 Å². The summed E-state index contributed by atoms with van der Waals surface area (Å²) in [7, 11) is 0. The first kappa shape index (κ1) is 32.4. The van der Waals surface area contributed by atoms with Gasteiger partial charge in [-0.3, -0.25) is 0 Å². The second-order valence-electron chi connectivity index (χ2n) is 7.13. The first-order valence-electron chi connectivity index (χ1n) is 10.3. The smallest absolute Gasteiger partial charge is 0.282 e. The molecule has 10 N–H and O–H groups in total. The molecular formula is C18H38O15. The highest BCUT2D eigenvalue weighted by Crippen LogP contribution is 2.18. The highest BCUT2D eigenvalue weighted by molar-refractivity contribution is 4.63. The van der Waals surface area contributed by atoms with E-state index in [-0.39, 0.29) is 26.1 Å². The molecule has 4 unspecified atom stereocenters. The van der Waals surface area contributed by atoms with Gasteiger partial charge in [0.1, 0.15) is 24.4 Å². The van der Waals surface area contributed by atoms with Crippen LogP contribution in [0.15, 0.2) is 0 Å². The number of rotatable bonds is 22. The molecule has 0 heterocycles. The molecule has 0 aliphatic rings. The van der Waals surface area contributed by atoms with Crippen LogP contribution in [0.2, 0.25) is 0 Å². The fourth-order valence-electron chi connectivity index (χ4n) is 1.99. The molecule has 0 rings (SSSR count). The van der Waals surface area contributed by atoms with Crippen LogP contribution in [-0.2, 0) is 23.7 Å². The number of ether oxygens (including phenoxy) is 5. The molecular weight excluding hydrogens is 456 g/mol. The molecule has 33 heavy (non-hydrogen) atoms. The molecule has 200 valence electrons. The molecule has 4 atom stereocenters. The lowest BCUT2D eigenvalue weighted by molar-refractivity contribution is -0.379. The molecule has 0 bridgehead atoms. The van der Waals surface area contributed by atoms with Crippen molar-refractivity contribution in [1.29, 1.82) is 0 Å². The van der Waals surface area contributed by atoms with E-state index in [1.54, 1.807) is 0 Å². The summed E-state index contributed by atoms with van der Waals surface area (Å²) in [5.74, 6) is -4.68. The lowest BCUT2D eigenvalue weighted by atomic mass is 10.3. The van der Waals surface area contributed by atoms with Crippen LogP contribution in [0, 0.1) is 0 Å². The third-order valence-corrected chi connectivity index (χ3v) is 3.97. The average molecular weight is 494 g/mol. The van der Waals surface area contributed by atoms with Crippen LogP contribution in [-0.4, -0.2) is 153 Å². The van der Waals surface area contributed by atoms with Crippen molar-refractivity contribution in [3.63, 3.8) is 0 Å². The zero-order chi connectivity index (χ0) is 25.3. The molecule has 0 amide bonds. The summed E-state index contributed by atoms with van der Waals surface area (Å²) in [5, 5.41) is 93.6. The van der Waals surface area contributed by atoms with E-state index in [0.29, 0.717) is 0 Å². The van der Waals surface area contributed by atoms with Crippen LogP contribution < -0.4 is 0 Å². The monoisotopic (exact) mass is 494 g/mol. The largest absolute Gasteiger partial charge is 0.394 e. The standard InChI is InChI=1S/C18H38O15/c19-5-13(23)9-30-17(27,31-10-14(24)6-20)1-3-29-4-2-18(28,32-11-15(25)7-21)33-12-16(26)8-22/h13-16,19-28H,1-12H2. The lowest BCUT2D eigenvalue weighted by Gasteiger charge is -2.31. The molecule has 15 heteroatoms. The highest BCUT2D eigenvalue weighted by atomic mass is 16.8. The first-order valence-corrected chi connectivity index (χ1v) is 10.3. The van der Waals surface area contributed by atoms with Crippen LogP contribution in [0.4, 0.5) is 0 Å². The third kappa shape index (κ3) is 15.8. The summed E-state index contributed by atoms with van der Waals surface area (Å²) in [6, 6.07) is 0. The molecule has 0 aromatic heterocycles. The Morgan fingerprint density at radius 1 is 0.485 bits per heavy atom. The first-order chi connectivity index (χ1) is 15.5. The molecule has 0 aromatic rings. The van der Waals surface area contributed by atoms with Crippen molar-refractivity contribution in [3.8, 4) is 0 Å². The quantitative estimate of drug-likeness (QED) is 0.0498. The number of hydrogen-bond acceptors (Lipinski definition) is 15. The SMILES string of the molecule is OCC(O)COC(O)(CCOCCC(O)(OCC(O)CO)OCC(O)CO)OCC(O)CO. The van der Waals surface area contributed by atoms with Gasteiger partial charge in [0, 0.05) is 0 Å². The van der Waals surface area contributed by atoms with Crippen molar-refractivity contribution in [1.82, 2.24) is 0 Å². The third-order valence-electron chi connectivity index (χ3n) is 3.97. The normalized spacial score (nSPS) is 19.5. The highest BCUT2D eigenvalue weighted by Gasteiger charge is 2.33. The Kier molecular flexibility index (Phi) is 17.5. The maximum atomic E-state index is 10.4. The zero-order valence-corrected chi connectivity index (χ0v) is 18.3. The average Bonchev–Trinajstić information content (AvgIpc) is 2.82. The zero-order valence-electron chi connectivity index (χ0n) is 18.3. The van der Waals surface area contributed by atoms with E-state index in [1.807, 2.05) is 0 Å². The van der Waals surface area contributed by atoms with Gasteiger partial charge in [0.05, 0.1) is 78.9 Å². The van der Waals surface area contributed by atoms with Gasteiger partial charge < -0.3 is 74.7 Å². The Morgan fingerprint density at radius 2 is 0.727 bits per heavy atom. The fraction of sp³-hybridized carbons (Fsp3) is 1.00. The Hall–Kier alpha value is -0.600. The summed E-state index contributed by atoms with van der Waals surface area (Å²) in [4.78, 5) is 0. The minimum Gasteiger partial charge on any atom is -0.394 e. The van der Waals surface area contributed by atoms with Crippen LogP contribution in [0.5, 0.6) is 0 Å². The van der Waals surface area contributed by atoms with E-state index in [1.165, 1.54) is 0 Å². The molecule has 0 fully saturated rings. The van der Waals surface area contributed by atoms with Crippen molar-refractivity contribution >= 4 is 0 Å². The van der Waals surface area contributed by atoms with E-state index in [2.05, 4.69) is 0 Å². The summed E-state index contributed by atoms with van der Waals surface area (Å²) < 4.78 is 25.4. The Balaban J connectivity index is 4.72.